The maximum Gasteiger partial charge on any atom is 0.258 e. The van der Waals surface area contributed by atoms with E-state index in [1.54, 1.807) is 19.2 Å². The number of halogens is 1. The number of methoxy groups -OCH3 is 1. The third kappa shape index (κ3) is 3.89. The monoisotopic (exact) mass is 446 g/mol. The molecule has 2 aliphatic rings. The summed E-state index contributed by atoms with van der Waals surface area (Å²) in [6.07, 6.45) is 3.19. The number of hydrogen-bond acceptors (Lipinski definition) is 3. The minimum atomic E-state index is -0.0592. The van der Waals surface area contributed by atoms with Crippen LogP contribution in [0.25, 0.3) is 0 Å². The first-order chi connectivity index (χ1) is 15.6. The quantitative estimate of drug-likeness (QED) is 0.524. The number of carbonyl (C=O) groups excluding carboxylic acids is 1. The summed E-state index contributed by atoms with van der Waals surface area (Å²) in [6.45, 7) is 2.61. The maximum atomic E-state index is 13.6. The van der Waals surface area contributed by atoms with Crippen LogP contribution < -0.4 is 9.64 Å². The molecule has 2 aliphatic heterocycles. The van der Waals surface area contributed by atoms with Crippen molar-refractivity contribution in [3.05, 3.63) is 94.5 Å². The van der Waals surface area contributed by atoms with E-state index >= 15 is 0 Å². The molecule has 5 rings (SSSR count). The highest BCUT2D eigenvalue weighted by Crippen LogP contribution is 2.42. The predicted octanol–water partition coefficient (Wildman–Crippen LogP) is 5.59. The van der Waals surface area contributed by atoms with Gasteiger partial charge in [-0.2, -0.15) is 0 Å². The summed E-state index contributed by atoms with van der Waals surface area (Å²) < 4.78 is 5.31. The van der Waals surface area contributed by atoms with E-state index in [1.807, 2.05) is 35.2 Å². The third-order valence-electron chi connectivity index (χ3n) is 6.86. The third-order valence-corrected chi connectivity index (χ3v) is 7.12. The van der Waals surface area contributed by atoms with E-state index in [0.29, 0.717) is 17.1 Å². The Bertz CT molecular complexity index is 1110. The lowest BCUT2D eigenvalue weighted by molar-refractivity contribution is 0.0916. The number of para-hydroxylation sites is 1. The highest BCUT2D eigenvalue weighted by molar-refractivity contribution is 6.30. The first-order valence-corrected chi connectivity index (χ1v) is 11.5. The number of hydrogen-bond donors (Lipinski definition) is 0. The van der Waals surface area contributed by atoms with Crippen LogP contribution >= 0.6 is 11.6 Å². The lowest BCUT2D eigenvalue weighted by atomic mass is 9.82. The molecular formula is C27H27ClN2O2. The molecular weight excluding hydrogens is 420 g/mol. The Morgan fingerprint density at radius 1 is 1.03 bits per heavy atom. The average molecular weight is 447 g/mol. The molecule has 0 aliphatic carbocycles. The molecule has 5 heteroatoms. The molecule has 3 aromatic carbocycles. The van der Waals surface area contributed by atoms with E-state index < -0.39 is 0 Å². The number of rotatable bonds is 4. The SMILES string of the molecule is COc1ccc(CN2CCCC23Cc2ccccc2N(C(=O)c2ccc(Cl)cc2)C3)cc1. The smallest absolute Gasteiger partial charge is 0.258 e. The lowest BCUT2D eigenvalue weighted by Crippen LogP contribution is -2.57. The Morgan fingerprint density at radius 3 is 2.53 bits per heavy atom. The fourth-order valence-corrected chi connectivity index (χ4v) is 5.34. The highest BCUT2D eigenvalue weighted by atomic mass is 35.5. The molecule has 32 heavy (non-hydrogen) atoms. The molecule has 1 amide bonds. The molecule has 0 aromatic heterocycles. The summed E-state index contributed by atoms with van der Waals surface area (Å²) in [7, 11) is 1.69. The van der Waals surface area contributed by atoms with Crippen LogP contribution in [0.2, 0.25) is 5.02 Å². The van der Waals surface area contributed by atoms with Crippen molar-refractivity contribution < 1.29 is 9.53 Å². The second-order valence-corrected chi connectivity index (χ2v) is 9.24. The molecule has 1 unspecified atom stereocenters. The van der Waals surface area contributed by atoms with Gasteiger partial charge in [-0.05, 0) is 79.4 Å². The fourth-order valence-electron chi connectivity index (χ4n) is 5.21. The second kappa shape index (κ2) is 8.61. The molecule has 0 saturated carbocycles. The van der Waals surface area contributed by atoms with Crippen LogP contribution in [0.3, 0.4) is 0 Å². The van der Waals surface area contributed by atoms with E-state index in [-0.39, 0.29) is 11.4 Å². The summed E-state index contributed by atoms with van der Waals surface area (Å²) >= 11 is 6.06. The van der Waals surface area contributed by atoms with E-state index in [4.69, 9.17) is 16.3 Å². The van der Waals surface area contributed by atoms with Crippen LogP contribution in [0, 0.1) is 0 Å². The average Bonchev–Trinajstić information content (AvgIpc) is 3.19. The number of ether oxygens (including phenoxy) is 1. The van der Waals surface area contributed by atoms with E-state index in [2.05, 4.69) is 35.2 Å². The molecule has 1 saturated heterocycles. The van der Waals surface area contributed by atoms with Crippen molar-refractivity contribution >= 4 is 23.2 Å². The van der Waals surface area contributed by atoms with Crippen LogP contribution in [-0.4, -0.2) is 36.5 Å². The van der Waals surface area contributed by atoms with Gasteiger partial charge in [-0.3, -0.25) is 9.69 Å². The van der Waals surface area contributed by atoms with Crippen molar-refractivity contribution in [2.45, 2.75) is 31.3 Å². The summed E-state index contributed by atoms with van der Waals surface area (Å²) in [6, 6.07) is 23.8. The molecule has 164 valence electrons. The molecule has 0 bridgehead atoms. The summed E-state index contributed by atoms with van der Waals surface area (Å²) in [5.41, 5.74) is 4.13. The van der Waals surface area contributed by atoms with Crippen LogP contribution in [0.4, 0.5) is 5.69 Å². The van der Waals surface area contributed by atoms with Crippen LogP contribution in [-0.2, 0) is 13.0 Å². The number of carbonyl (C=O) groups is 1. The van der Waals surface area contributed by atoms with Gasteiger partial charge in [0.25, 0.3) is 5.91 Å². The van der Waals surface area contributed by atoms with Gasteiger partial charge in [-0.15, -0.1) is 0 Å². The van der Waals surface area contributed by atoms with E-state index in [1.165, 1.54) is 11.1 Å². The van der Waals surface area contributed by atoms with Gasteiger partial charge in [0.05, 0.1) is 7.11 Å². The van der Waals surface area contributed by atoms with Crippen molar-refractivity contribution in [2.75, 3.05) is 25.1 Å². The minimum Gasteiger partial charge on any atom is -0.497 e. The van der Waals surface area contributed by atoms with Crippen molar-refractivity contribution in [1.29, 1.82) is 0 Å². The van der Waals surface area contributed by atoms with Gasteiger partial charge in [0, 0.05) is 34.9 Å². The van der Waals surface area contributed by atoms with Crippen LogP contribution in [0.5, 0.6) is 5.75 Å². The zero-order valence-electron chi connectivity index (χ0n) is 18.3. The lowest BCUT2D eigenvalue weighted by Gasteiger charge is -2.46. The Kier molecular flexibility index (Phi) is 5.66. The summed E-state index contributed by atoms with van der Waals surface area (Å²) in [4.78, 5) is 18.2. The largest absolute Gasteiger partial charge is 0.497 e. The molecule has 2 heterocycles. The zero-order chi connectivity index (χ0) is 22.1. The number of likely N-dealkylation sites (tertiary alicyclic amines) is 1. The van der Waals surface area contributed by atoms with E-state index in [9.17, 15) is 4.79 Å². The van der Waals surface area contributed by atoms with Gasteiger partial charge in [0.1, 0.15) is 5.75 Å². The molecule has 3 aromatic rings. The first-order valence-electron chi connectivity index (χ1n) is 11.1. The van der Waals surface area contributed by atoms with Crippen molar-refractivity contribution in [1.82, 2.24) is 4.90 Å². The normalized spacial score (nSPS) is 20.4. The predicted molar refractivity (Wildman–Crippen MR) is 129 cm³/mol. The summed E-state index contributed by atoms with van der Waals surface area (Å²) in [5.74, 6) is 0.903. The van der Waals surface area contributed by atoms with Gasteiger partial charge in [0.15, 0.2) is 0 Å². The Morgan fingerprint density at radius 2 is 1.78 bits per heavy atom. The van der Waals surface area contributed by atoms with Gasteiger partial charge >= 0.3 is 0 Å². The second-order valence-electron chi connectivity index (χ2n) is 8.80. The van der Waals surface area contributed by atoms with Crippen molar-refractivity contribution in [3.63, 3.8) is 0 Å². The minimum absolute atomic E-state index is 0.0319. The van der Waals surface area contributed by atoms with Crippen molar-refractivity contribution in [3.8, 4) is 5.75 Å². The Labute approximate surface area is 194 Å². The summed E-state index contributed by atoms with van der Waals surface area (Å²) in [5, 5.41) is 0.638. The van der Waals surface area contributed by atoms with Gasteiger partial charge in [-0.1, -0.05) is 41.9 Å². The molecule has 0 N–H and O–H groups in total. The number of benzene rings is 3. The highest BCUT2D eigenvalue weighted by Gasteiger charge is 2.46. The molecule has 1 atom stereocenters. The standard InChI is InChI=1S/C27H27ClN2O2/c1-32-24-13-7-20(8-14-24)18-29-16-4-15-27(29)17-22-5-2-3-6-25(22)30(19-27)26(31)21-9-11-23(28)12-10-21/h2-3,5-14H,4,15-19H2,1H3. The Balaban J connectivity index is 1.47. The van der Waals surface area contributed by atoms with Gasteiger partial charge in [-0.25, -0.2) is 0 Å². The molecule has 4 nitrogen and oxygen atoms in total. The first kappa shape index (κ1) is 21.0. The number of amides is 1. The van der Waals surface area contributed by atoms with Crippen LogP contribution in [0.1, 0.15) is 34.3 Å². The topological polar surface area (TPSA) is 32.8 Å². The van der Waals surface area contributed by atoms with Gasteiger partial charge < -0.3 is 9.64 Å². The molecule has 0 radical (unpaired) electrons. The van der Waals surface area contributed by atoms with Gasteiger partial charge in [0.2, 0.25) is 0 Å². The fraction of sp³-hybridized carbons (Fsp3) is 0.296. The Hall–Kier alpha value is -2.82. The molecule has 1 fully saturated rings. The van der Waals surface area contributed by atoms with Crippen LogP contribution in [0.15, 0.2) is 72.8 Å². The maximum absolute atomic E-state index is 13.6. The zero-order valence-corrected chi connectivity index (χ0v) is 19.0. The number of anilines is 1. The van der Waals surface area contributed by atoms with E-state index in [0.717, 1.165) is 43.8 Å². The number of fused-ring (bicyclic) bond motifs is 1. The van der Waals surface area contributed by atoms with Crippen molar-refractivity contribution in [2.24, 2.45) is 0 Å². The number of nitrogens with zero attached hydrogens (tertiary/aromatic N) is 2. The molecule has 1 spiro atoms.